The van der Waals surface area contributed by atoms with Gasteiger partial charge in [-0.3, -0.25) is 4.79 Å². The average Bonchev–Trinajstić information content (AvgIpc) is 3.07. The molecule has 0 aliphatic rings. The normalized spacial score (nSPS) is 12.3. The van der Waals surface area contributed by atoms with Crippen molar-refractivity contribution in [1.29, 1.82) is 0 Å². The molecule has 0 spiro atoms. The third-order valence-electron chi connectivity index (χ3n) is 4.63. The Balaban J connectivity index is 2.00. The van der Waals surface area contributed by atoms with Gasteiger partial charge >= 0.3 is 0 Å². The second-order valence-corrected chi connectivity index (χ2v) is 9.83. The number of carbonyl (C=O) groups excluding carboxylic acids is 1. The van der Waals surface area contributed by atoms with Crippen LogP contribution in [0.15, 0.2) is 46.3 Å². The molecule has 0 atom stereocenters. The van der Waals surface area contributed by atoms with E-state index in [4.69, 9.17) is 14.2 Å². The zero-order valence-electron chi connectivity index (χ0n) is 17.7. The molecule has 0 unspecified atom stereocenters. The lowest BCUT2D eigenvalue weighted by Gasteiger charge is -2.08. The SMILES string of the molecule is COCCn1c(=NC(=O)Cc2ccc(OC)c(OC)c2)sc2cc(S(C)(=O)=O)ccc21. The van der Waals surface area contributed by atoms with Crippen LogP contribution in [0.1, 0.15) is 5.56 Å². The number of ether oxygens (including phenoxy) is 3. The van der Waals surface area contributed by atoms with E-state index in [1.807, 2.05) is 4.57 Å². The van der Waals surface area contributed by atoms with Crippen LogP contribution in [-0.2, 0) is 32.3 Å². The quantitative estimate of drug-likeness (QED) is 0.508. The summed E-state index contributed by atoms with van der Waals surface area (Å²) >= 11 is 1.27. The van der Waals surface area contributed by atoms with Crippen LogP contribution in [-0.4, -0.2) is 53.1 Å². The zero-order chi connectivity index (χ0) is 22.6. The van der Waals surface area contributed by atoms with Crippen LogP contribution in [0.5, 0.6) is 11.5 Å². The summed E-state index contributed by atoms with van der Waals surface area (Å²) in [6, 6.07) is 10.2. The Labute approximate surface area is 184 Å². The molecule has 31 heavy (non-hydrogen) atoms. The highest BCUT2D eigenvalue weighted by atomic mass is 32.2. The molecular weight excluding hydrogens is 440 g/mol. The van der Waals surface area contributed by atoms with E-state index in [0.717, 1.165) is 15.8 Å². The molecular formula is C21H24N2O6S2. The summed E-state index contributed by atoms with van der Waals surface area (Å²) in [5.74, 6) is 0.797. The van der Waals surface area contributed by atoms with Crippen LogP contribution < -0.4 is 14.3 Å². The van der Waals surface area contributed by atoms with Gasteiger partial charge in [-0.05, 0) is 35.9 Å². The van der Waals surface area contributed by atoms with E-state index in [0.29, 0.717) is 29.5 Å². The van der Waals surface area contributed by atoms with Crippen LogP contribution in [0.25, 0.3) is 10.2 Å². The molecule has 0 radical (unpaired) electrons. The molecule has 0 aliphatic carbocycles. The fourth-order valence-electron chi connectivity index (χ4n) is 3.08. The molecule has 2 aromatic carbocycles. The predicted octanol–water partition coefficient (Wildman–Crippen LogP) is 2.44. The van der Waals surface area contributed by atoms with Crippen molar-refractivity contribution in [1.82, 2.24) is 4.57 Å². The van der Waals surface area contributed by atoms with Crippen LogP contribution in [0.3, 0.4) is 0 Å². The molecule has 0 N–H and O–H groups in total. The highest BCUT2D eigenvalue weighted by Gasteiger charge is 2.13. The second-order valence-electron chi connectivity index (χ2n) is 6.80. The molecule has 1 heterocycles. The van der Waals surface area contributed by atoms with E-state index >= 15 is 0 Å². The van der Waals surface area contributed by atoms with Gasteiger partial charge in [0.2, 0.25) is 0 Å². The smallest absolute Gasteiger partial charge is 0.252 e. The van der Waals surface area contributed by atoms with Gasteiger partial charge in [0.05, 0.1) is 42.4 Å². The van der Waals surface area contributed by atoms with Gasteiger partial charge in [-0.2, -0.15) is 4.99 Å². The Morgan fingerprint density at radius 1 is 1.06 bits per heavy atom. The average molecular weight is 465 g/mol. The Morgan fingerprint density at radius 3 is 2.45 bits per heavy atom. The summed E-state index contributed by atoms with van der Waals surface area (Å²) in [5, 5.41) is 0. The Hall–Kier alpha value is -2.69. The monoisotopic (exact) mass is 464 g/mol. The third kappa shape index (κ3) is 5.33. The lowest BCUT2D eigenvalue weighted by Crippen LogP contribution is -2.19. The fraction of sp³-hybridized carbons (Fsp3) is 0.333. The number of hydrogen-bond donors (Lipinski definition) is 0. The number of nitrogens with zero attached hydrogens (tertiary/aromatic N) is 2. The molecule has 166 valence electrons. The number of carbonyl (C=O) groups is 1. The van der Waals surface area contributed by atoms with Gasteiger partial charge in [0.25, 0.3) is 5.91 Å². The first kappa shape index (κ1) is 23.0. The van der Waals surface area contributed by atoms with Crippen LogP contribution in [0.2, 0.25) is 0 Å². The number of rotatable bonds is 8. The number of fused-ring (bicyclic) bond motifs is 1. The summed E-state index contributed by atoms with van der Waals surface area (Å²) < 4.78 is 42.1. The van der Waals surface area contributed by atoms with Crippen molar-refractivity contribution in [3.63, 3.8) is 0 Å². The first-order valence-corrected chi connectivity index (χ1v) is 12.1. The van der Waals surface area contributed by atoms with E-state index in [1.165, 1.54) is 24.7 Å². The van der Waals surface area contributed by atoms with E-state index in [-0.39, 0.29) is 17.2 Å². The molecule has 0 saturated carbocycles. The molecule has 0 saturated heterocycles. The topological polar surface area (TPSA) is 96.2 Å². The highest BCUT2D eigenvalue weighted by molar-refractivity contribution is 7.90. The number of aromatic nitrogens is 1. The lowest BCUT2D eigenvalue weighted by molar-refractivity contribution is -0.117. The number of amides is 1. The van der Waals surface area contributed by atoms with Crippen molar-refractivity contribution in [2.75, 3.05) is 34.2 Å². The van der Waals surface area contributed by atoms with Gasteiger partial charge in [-0.25, -0.2) is 8.42 Å². The molecule has 10 heteroatoms. The maximum Gasteiger partial charge on any atom is 0.252 e. The zero-order valence-corrected chi connectivity index (χ0v) is 19.4. The van der Waals surface area contributed by atoms with Gasteiger partial charge in [-0.15, -0.1) is 0 Å². The lowest BCUT2D eigenvalue weighted by atomic mass is 10.1. The van der Waals surface area contributed by atoms with Crippen LogP contribution in [0, 0.1) is 0 Å². The summed E-state index contributed by atoms with van der Waals surface area (Å²) in [5.41, 5.74) is 1.54. The van der Waals surface area contributed by atoms with Gasteiger partial charge < -0.3 is 18.8 Å². The predicted molar refractivity (Wildman–Crippen MR) is 119 cm³/mol. The van der Waals surface area contributed by atoms with Crippen LogP contribution >= 0.6 is 11.3 Å². The van der Waals surface area contributed by atoms with Gasteiger partial charge in [0, 0.05) is 19.9 Å². The van der Waals surface area contributed by atoms with Gasteiger partial charge in [-0.1, -0.05) is 17.4 Å². The van der Waals surface area contributed by atoms with Crippen molar-refractivity contribution in [3.05, 3.63) is 46.8 Å². The van der Waals surface area contributed by atoms with Crippen molar-refractivity contribution < 1.29 is 27.4 Å². The molecule has 1 aromatic heterocycles. The summed E-state index contributed by atoms with van der Waals surface area (Å²) in [6.45, 7) is 0.911. The van der Waals surface area contributed by atoms with Gasteiger partial charge in [0.15, 0.2) is 26.1 Å². The number of sulfone groups is 1. The summed E-state index contributed by atoms with van der Waals surface area (Å²) in [6.07, 6.45) is 1.26. The second kappa shape index (κ2) is 9.63. The molecule has 0 aliphatic heterocycles. The number of methoxy groups -OCH3 is 3. The van der Waals surface area contributed by atoms with Crippen molar-refractivity contribution >= 4 is 37.3 Å². The first-order valence-electron chi connectivity index (χ1n) is 9.37. The fourth-order valence-corrected chi connectivity index (χ4v) is 4.91. The molecule has 8 nitrogen and oxygen atoms in total. The number of hydrogen-bond acceptors (Lipinski definition) is 7. The van der Waals surface area contributed by atoms with Gasteiger partial charge in [0.1, 0.15) is 0 Å². The maximum atomic E-state index is 12.7. The Bertz CT molecular complexity index is 1270. The minimum absolute atomic E-state index is 0.0907. The summed E-state index contributed by atoms with van der Waals surface area (Å²) in [4.78, 5) is 17.7. The standard InChI is InChI=1S/C21H24N2O6S2/c1-27-10-9-23-16-7-6-15(31(4,25)26)13-19(16)30-21(23)22-20(24)12-14-5-8-17(28-2)18(11-14)29-3/h5-8,11,13H,9-10,12H2,1-4H3. The van der Waals surface area contributed by atoms with Crippen molar-refractivity contribution in [3.8, 4) is 11.5 Å². The summed E-state index contributed by atoms with van der Waals surface area (Å²) in [7, 11) is 1.34. The first-order chi connectivity index (χ1) is 14.8. The Morgan fingerprint density at radius 2 is 1.81 bits per heavy atom. The molecule has 0 bridgehead atoms. The molecule has 3 rings (SSSR count). The third-order valence-corrected chi connectivity index (χ3v) is 6.78. The number of benzene rings is 2. The largest absolute Gasteiger partial charge is 0.493 e. The molecule has 0 fully saturated rings. The van der Waals surface area contributed by atoms with Crippen LogP contribution in [0.4, 0.5) is 0 Å². The van der Waals surface area contributed by atoms with Crippen molar-refractivity contribution in [2.45, 2.75) is 17.9 Å². The van der Waals surface area contributed by atoms with E-state index in [2.05, 4.69) is 4.99 Å². The minimum Gasteiger partial charge on any atom is -0.493 e. The molecule has 3 aromatic rings. The van der Waals surface area contributed by atoms with E-state index in [9.17, 15) is 13.2 Å². The minimum atomic E-state index is -3.34. The Kier molecular flexibility index (Phi) is 7.14. The highest BCUT2D eigenvalue weighted by Crippen LogP contribution is 2.28. The van der Waals surface area contributed by atoms with E-state index < -0.39 is 9.84 Å². The maximum absolute atomic E-state index is 12.7. The number of thiazole rings is 1. The molecule has 1 amide bonds. The van der Waals surface area contributed by atoms with Crippen molar-refractivity contribution in [2.24, 2.45) is 4.99 Å². The van der Waals surface area contributed by atoms with E-state index in [1.54, 1.807) is 50.6 Å².